The van der Waals surface area contributed by atoms with Gasteiger partial charge in [-0.2, -0.15) is 0 Å². The van der Waals surface area contributed by atoms with Crippen LogP contribution in [0.3, 0.4) is 0 Å². The van der Waals surface area contributed by atoms with E-state index in [1.165, 1.54) is 0 Å². The van der Waals surface area contributed by atoms with E-state index in [0.717, 1.165) is 19.4 Å². The second-order valence-corrected chi connectivity index (χ2v) is 4.40. The normalized spacial score (nSPS) is 28.6. The topological polar surface area (TPSA) is 20.3 Å². The van der Waals surface area contributed by atoms with E-state index >= 15 is 0 Å². The standard InChI is InChI=1S/C11H20FNO/c1-3-5-10(14)13-8-4-6-11(2,12)7-9-13/h3-9H2,1-2H3. The molecule has 0 saturated carbocycles. The van der Waals surface area contributed by atoms with Crippen LogP contribution in [0.2, 0.25) is 0 Å². The zero-order chi connectivity index (χ0) is 10.6. The van der Waals surface area contributed by atoms with Crippen molar-refractivity contribution in [1.82, 2.24) is 4.90 Å². The van der Waals surface area contributed by atoms with Crippen molar-refractivity contribution in [2.24, 2.45) is 0 Å². The van der Waals surface area contributed by atoms with E-state index in [1.54, 1.807) is 6.92 Å². The van der Waals surface area contributed by atoms with Crippen LogP contribution in [-0.2, 0) is 4.79 Å². The molecule has 0 aromatic rings. The van der Waals surface area contributed by atoms with Crippen LogP contribution in [0.15, 0.2) is 0 Å². The van der Waals surface area contributed by atoms with Gasteiger partial charge >= 0.3 is 0 Å². The van der Waals surface area contributed by atoms with E-state index in [4.69, 9.17) is 0 Å². The fourth-order valence-electron chi connectivity index (χ4n) is 1.86. The van der Waals surface area contributed by atoms with Crippen molar-refractivity contribution in [1.29, 1.82) is 0 Å². The molecular weight excluding hydrogens is 181 g/mol. The number of halogens is 1. The molecule has 3 heteroatoms. The maximum Gasteiger partial charge on any atom is 0.222 e. The molecule has 1 aliphatic heterocycles. The zero-order valence-corrected chi connectivity index (χ0v) is 9.18. The van der Waals surface area contributed by atoms with Crippen LogP contribution in [0.1, 0.15) is 46.0 Å². The molecule has 0 spiro atoms. The SMILES string of the molecule is CCCC(=O)N1CCCC(C)(F)CC1. The Morgan fingerprint density at radius 1 is 1.43 bits per heavy atom. The number of carbonyl (C=O) groups is 1. The minimum atomic E-state index is -1.07. The second-order valence-electron chi connectivity index (χ2n) is 4.40. The number of hydrogen-bond donors (Lipinski definition) is 0. The van der Waals surface area contributed by atoms with Gasteiger partial charge < -0.3 is 4.90 Å². The van der Waals surface area contributed by atoms with Crippen LogP contribution in [0.25, 0.3) is 0 Å². The highest BCUT2D eigenvalue weighted by molar-refractivity contribution is 5.76. The van der Waals surface area contributed by atoms with Crippen molar-refractivity contribution in [3.05, 3.63) is 0 Å². The third-order valence-corrected chi connectivity index (χ3v) is 2.85. The lowest BCUT2D eigenvalue weighted by molar-refractivity contribution is -0.131. The molecule has 1 saturated heterocycles. The highest BCUT2D eigenvalue weighted by atomic mass is 19.1. The Hall–Kier alpha value is -0.600. The predicted octanol–water partition coefficient (Wildman–Crippen LogP) is 2.53. The third-order valence-electron chi connectivity index (χ3n) is 2.85. The molecule has 1 atom stereocenters. The Bertz CT molecular complexity index is 203. The highest BCUT2D eigenvalue weighted by Gasteiger charge is 2.28. The van der Waals surface area contributed by atoms with Crippen molar-refractivity contribution >= 4 is 5.91 Å². The molecule has 0 bridgehead atoms. The third kappa shape index (κ3) is 3.28. The molecule has 82 valence electrons. The summed E-state index contributed by atoms with van der Waals surface area (Å²) in [7, 11) is 0. The van der Waals surface area contributed by atoms with Gasteiger partial charge in [-0.3, -0.25) is 4.79 Å². The molecule has 1 amide bonds. The van der Waals surface area contributed by atoms with Gasteiger partial charge in [-0.15, -0.1) is 0 Å². The van der Waals surface area contributed by atoms with E-state index in [0.29, 0.717) is 25.8 Å². The van der Waals surface area contributed by atoms with Gasteiger partial charge in [0, 0.05) is 19.5 Å². The van der Waals surface area contributed by atoms with Crippen molar-refractivity contribution in [3.63, 3.8) is 0 Å². The molecule has 1 fully saturated rings. The molecule has 0 N–H and O–H groups in total. The van der Waals surface area contributed by atoms with Crippen molar-refractivity contribution in [2.45, 2.75) is 51.6 Å². The Morgan fingerprint density at radius 3 is 2.79 bits per heavy atom. The maximum atomic E-state index is 13.6. The first-order valence-corrected chi connectivity index (χ1v) is 5.52. The number of carbonyl (C=O) groups excluding carboxylic acids is 1. The summed E-state index contributed by atoms with van der Waals surface area (Å²) in [6.45, 7) is 4.96. The number of alkyl halides is 1. The van der Waals surface area contributed by atoms with Crippen LogP contribution in [0.4, 0.5) is 4.39 Å². The molecule has 0 aromatic heterocycles. The lowest BCUT2D eigenvalue weighted by Crippen LogP contribution is -2.32. The van der Waals surface area contributed by atoms with Crippen LogP contribution >= 0.6 is 0 Å². The summed E-state index contributed by atoms with van der Waals surface area (Å²) in [6.07, 6.45) is 3.35. The molecular formula is C11H20FNO. The largest absolute Gasteiger partial charge is 0.343 e. The average Bonchev–Trinajstić information content (AvgIpc) is 2.27. The molecule has 1 heterocycles. The van der Waals surface area contributed by atoms with Gasteiger partial charge in [0.1, 0.15) is 5.67 Å². The lowest BCUT2D eigenvalue weighted by atomic mass is 10.0. The van der Waals surface area contributed by atoms with E-state index in [9.17, 15) is 9.18 Å². The highest BCUT2D eigenvalue weighted by Crippen LogP contribution is 2.25. The van der Waals surface area contributed by atoms with Gasteiger partial charge in [0.05, 0.1) is 0 Å². The Balaban J connectivity index is 2.45. The molecule has 2 nitrogen and oxygen atoms in total. The summed E-state index contributed by atoms with van der Waals surface area (Å²) in [4.78, 5) is 13.4. The smallest absolute Gasteiger partial charge is 0.222 e. The Kier molecular flexibility index (Phi) is 3.90. The molecule has 1 rings (SSSR count). The Labute approximate surface area is 85.5 Å². The van der Waals surface area contributed by atoms with Crippen molar-refractivity contribution < 1.29 is 9.18 Å². The molecule has 1 unspecified atom stereocenters. The van der Waals surface area contributed by atoms with Crippen LogP contribution in [0.5, 0.6) is 0 Å². The van der Waals surface area contributed by atoms with Gasteiger partial charge in [0.15, 0.2) is 0 Å². The van der Waals surface area contributed by atoms with E-state index in [-0.39, 0.29) is 5.91 Å². The van der Waals surface area contributed by atoms with Crippen LogP contribution < -0.4 is 0 Å². The first-order chi connectivity index (χ1) is 6.55. The quantitative estimate of drug-likeness (QED) is 0.672. The Morgan fingerprint density at radius 2 is 2.14 bits per heavy atom. The minimum absolute atomic E-state index is 0.185. The number of rotatable bonds is 2. The monoisotopic (exact) mass is 201 g/mol. The summed E-state index contributed by atoms with van der Waals surface area (Å²) < 4.78 is 13.6. The minimum Gasteiger partial charge on any atom is -0.343 e. The van der Waals surface area contributed by atoms with E-state index in [2.05, 4.69) is 0 Å². The van der Waals surface area contributed by atoms with Gasteiger partial charge in [0.2, 0.25) is 5.91 Å². The molecule has 0 radical (unpaired) electrons. The molecule has 0 aromatic carbocycles. The lowest BCUT2D eigenvalue weighted by Gasteiger charge is -2.21. The number of likely N-dealkylation sites (tertiary alicyclic amines) is 1. The number of nitrogens with zero attached hydrogens (tertiary/aromatic N) is 1. The van der Waals surface area contributed by atoms with E-state index < -0.39 is 5.67 Å². The van der Waals surface area contributed by atoms with Gasteiger partial charge in [-0.1, -0.05) is 6.92 Å². The first-order valence-electron chi connectivity index (χ1n) is 5.52. The van der Waals surface area contributed by atoms with Gasteiger partial charge in [-0.05, 0) is 32.6 Å². The first kappa shape index (κ1) is 11.5. The zero-order valence-electron chi connectivity index (χ0n) is 9.18. The van der Waals surface area contributed by atoms with Gasteiger partial charge in [0.25, 0.3) is 0 Å². The second kappa shape index (κ2) is 4.76. The van der Waals surface area contributed by atoms with Crippen LogP contribution in [-0.4, -0.2) is 29.6 Å². The molecule has 1 aliphatic rings. The van der Waals surface area contributed by atoms with Gasteiger partial charge in [-0.25, -0.2) is 4.39 Å². The molecule has 14 heavy (non-hydrogen) atoms. The number of amides is 1. The molecule has 0 aliphatic carbocycles. The predicted molar refractivity (Wildman–Crippen MR) is 54.9 cm³/mol. The van der Waals surface area contributed by atoms with Crippen molar-refractivity contribution in [2.75, 3.05) is 13.1 Å². The van der Waals surface area contributed by atoms with E-state index in [1.807, 2.05) is 11.8 Å². The summed E-state index contributed by atoms with van der Waals surface area (Å²) in [6, 6.07) is 0. The maximum absolute atomic E-state index is 13.6. The summed E-state index contributed by atoms with van der Waals surface area (Å²) in [5.41, 5.74) is -1.07. The summed E-state index contributed by atoms with van der Waals surface area (Å²) in [5.74, 6) is 0.185. The average molecular weight is 201 g/mol. The fraction of sp³-hybridized carbons (Fsp3) is 0.909. The summed E-state index contributed by atoms with van der Waals surface area (Å²) in [5, 5.41) is 0. The fourth-order valence-corrected chi connectivity index (χ4v) is 1.86. The van der Waals surface area contributed by atoms with Crippen molar-refractivity contribution in [3.8, 4) is 0 Å². The number of hydrogen-bond acceptors (Lipinski definition) is 1. The summed E-state index contributed by atoms with van der Waals surface area (Å²) >= 11 is 0. The van der Waals surface area contributed by atoms with Crippen LogP contribution in [0, 0.1) is 0 Å².